The van der Waals surface area contributed by atoms with E-state index >= 15 is 0 Å². The predicted octanol–water partition coefficient (Wildman–Crippen LogP) is 9.29. The van der Waals surface area contributed by atoms with Crippen LogP contribution in [0.15, 0.2) is 158 Å². The van der Waals surface area contributed by atoms with Gasteiger partial charge in [0.2, 0.25) is 0 Å². The summed E-state index contributed by atoms with van der Waals surface area (Å²) in [5.41, 5.74) is 11.7. The molecule has 0 aliphatic heterocycles. The summed E-state index contributed by atoms with van der Waals surface area (Å²) in [7, 11) is 0. The van der Waals surface area contributed by atoms with E-state index in [4.69, 9.17) is 19.9 Å². The van der Waals surface area contributed by atoms with Crippen LogP contribution in [0.25, 0.3) is 55.9 Å². The number of phenols is 1. The molecule has 3 heterocycles. The first-order valence-corrected chi connectivity index (χ1v) is 15.9. The standard InChI is InChI=1S/C43H27N4O.Pt/c48-41-22-8-3-16-33(41)39-25-29(36-19-9-10-23-44-36)26-42(47-39)43(34-17-4-1-14-31(34)32-15-2-5-18-35(32)43)30-13-11-12-28(24-30)40-27-45-37-20-6-7-21-38(37)46-40;/h1-23,25-27,48H;/q-1;. The van der Waals surface area contributed by atoms with Crippen molar-refractivity contribution in [2.45, 2.75) is 5.41 Å². The first kappa shape index (κ1) is 30.6. The van der Waals surface area contributed by atoms with Gasteiger partial charge in [0.15, 0.2) is 0 Å². The fourth-order valence-corrected chi connectivity index (χ4v) is 7.10. The average Bonchev–Trinajstić information content (AvgIpc) is 3.46. The summed E-state index contributed by atoms with van der Waals surface area (Å²) < 4.78 is 0. The van der Waals surface area contributed by atoms with Crippen molar-refractivity contribution in [3.05, 3.63) is 186 Å². The van der Waals surface area contributed by atoms with E-state index in [9.17, 15) is 5.11 Å². The molecule has 0 amide bonds. The Hall–Kier alpha value is -5.77. The van der Waals surface area contributed by atoms with Crippen molar-refractivity contribution in [3.63, 3.8) is 0 Å². The predicted molar refractivity (Wildman–Crippen MR) is 189 cm³/mol. The van der Waals surface area contributed by atoms with Crippen LogP contribution in [-0.4, -0.2) is 25.0 Å². The van der Waals surface area contributed by atoms with Gasteiger partial charge in [0.05, 0.1) is 33.5 Å². The van der Waals surface area contributed by atoms with E-state index in [0.717, 1.165) is 67.1 Å². The van der Waals surface area contributed by atoms with E-state index in [0.29, 0.717) is 11.3 Å². The van der Waals surface area contributed by atoms with Crippen LogP contribution in [0.2, 0.25) is 0 Å². The zero-order valence-electron chi connectivity index (χ0n) is 26.1. The minimum absolute atomic E-state index is 0. The van der Waals surface area contributed by atoms with E-state index in [1.165, 1.54) is 0 Å². The Kier molecular flexibility index (Phi) is 7.70. The van der Waals surface area contributed by atoms with Gasteiger partial charge in [-0.1, -0.05) is 78.9 Å². The van der Waals surface area contributed by atoms with E-state index in [1.807, 2.05) is 79.0 Å². The van der Waals surface area contributed by atoms with Crippen molar-refractivity contribution >= 4 is 11.0 Å². The summed E-state index contributed by atoms with van der Waals surface area (Å²) in [6.07, 6.45) is 3.62. The molecule has 236 valence electrons. The van der Waals surface area contributed by atoms with Gasteiger partial charge in [-0.15, -0.1) is 35.4 Å². The molecule has 5 nitrogen and oxygen atoms in total. The van der Waals surface area contributed by atoms with Gasteiger partial charge in [0, 0.05) is 50.3 Å². The van der Waals surface area contributed by atoms with Crippen LogP contribution in [0.4, 0.5) is 0 Å². The topological polar surface area (TPSA) is 71.8 Å². The maximum atomic E-state index is 11.0. The third kappa shape index (κ3) is 4.97. The fourth-order valence-electron chi connectivity index (χ4n) is 7.10. The number of aromatic nitrogens is 4. The molecule has 8 aromatic rings. The Morgan fingerprint density at radius 1 is 0.531 bits per heavy atom. The van der Waals surface area contributed by atoms with Crippen molar-refractivity contribution < 1.29 is 26.2 Å². The van der Waals surface area contributed by atoms with Gasteiger partial charge in [0.25, 0.3) is 0 Å². The molecule has 0 saturated carbocycles. The second-order valence-corrected chi connectivity index (χ2v) is 11.9. The minimum Gasteiger partial charge on any atom is -0.507 e. The molecule has 0 spiro atoms. The van der Waals surface area contributed by atoms with E-state index < -0.39 is 5.41 Å². The molecule has 5 aromatic carbocycles. The Balaban J connectivity index is 0.00000348. The van der Waals surface area contributed by atoms with Gasteiger partial charge < -0.3 is 5.11 Å². The smallest absolute Gasteiger partial charge is 0.124 e. The number of nitrogens with zero attached hydrogens (tertiary/aromatic N) is 4. The molecule has 0 bridgehead atoms. The molecule has 1 aliphatic rings. The van der Waals surface area contributed by atoms with Gasteiger partial charge in [-0.05, 0) is 70.8 Å². The summed E-state index contributed by atoms with van der Waals surface area (Å²) in [6, 6.07) is 52.4. The van der Waals surface area contributed by atoms with Crippen molar-refractivity contribution in [1.82, 2.24) is 19.9 Å². The molecule has 0 unspecified atom stereocenters. The number of aromatic hydroxyl groups is 1. The second-order valence-electron chi connectivity index (χ2n) is 11.9. The van der Waals surface area contributed by atoms with E-state index in [-0.39, 0.29) is 26.8 Å². The van der Waals surface area contributed by atoms with Gasteiger partial charge >= 0.3 is 0 Å². The maximum absolute atomic E-state index is 11.0. The molecular weight excluding hydrogens is 784 g/mol. The number of para-hydroxylation sites is 3. The average molecular weight is 811 g/mol. The Labute approximate surface area is 298 Å². The second kappa shape index (κ2) is 12.4. The largest absolute Gasteiger partial charge is 0.507 e. The molecule has 0 saturated heterocycles. The van der Waals surface area contributed by atoms with Gasteiger partial charge in [-0.3, -0.25) is 19.9 Å². The van der Waals surface area contributed by atoms with Crippen molar-refractivity contribution in [1.29, 1.82) is 0 Å². The molecule has 6 heteroatoms. The van der Waals surface area contributed by atoms with Crippen LogP contribution in [0.3, 0.4) is 0 Å². The van der Waals surface area contributed by atoms with Crippen LogP contribution < -0.4 is 0 Å². The van der Waals surface area contributed by atoms with Gasteiger partial charge in [0.1, 0.15) is 5.75 Å². The van der Waals surface area contributed by atoms with Crippen LogP contribution in [0.5, 0.6) is 5.75 Å². The molecule has 9 rings (SSSR count). The molecule has 0 radical (unpaired) electrons. The number of fused-ring (bicyclic) bond motifs is 4. The first-order valence-electron chi connectivity index (χ1n) is 15.9. The summed E-state index contributed by atoms with van der Waals surface area (Å²) in [6.45, 7) is 0. The number of pyridine rings is 2. The fraction of sp³-hybridized carbons (Fsp3) is 0.0233. The molecular formula is C43H27N4OPt-. The van der Waals surface area contributed by atoms with Gasteiger partial charge in [-0.25, -0.2) is 0 Å². The normalized spacial score (nSPS) is 12.6. The monoisotopic (exact) mass is 810 g/mol. The number of hydrogen-bond donors (Lipinski definition) is 1. The van der Waals surface area contributed by atoms with Crippen molar-refractivity contribution in [3.8, 4) is 50.6 Å². The molecule has 1 N–H and O–H groups in total. The third-order valence-electron chi connectivity index (χ3n) is 9.23. The number of rotatable bonds is 5. The maximum Gasteiger partial charge on any atom is 0.124 e. The molecule has 1 aliphatic carbocycles. The minimum atomic E-state index is -0.850. The van der Waals surface area contributed by atoms with Crippen LogP contribution >= 0.6 is 0 Å². The first-order chi connectivity index (χ1) is 23.7. The summed E-state index contributed by atoms with van der Waals surface area (Å²) >= 11 is 0. The zero-order chi connectivity index (χ0) is 32.1. The molecule has 3 aromatic heterocycles. The Morgan fingerprint density at radius 2 is 1.20 bits per heavy atom. The molecule has 0 fully saturated rings. The van der Waals surface area contributed by atoms with Crippen molar-refractivity contribution in [2.24, 2.45) is 0 Å². The quantitative estimate of drug-likeness (QED) is 0.176. The summed E-state index contributed by atoms with van der Waals surface area (Å²) in [4.78, 5) is 19.8. The van der Waals surface area contributed by atoms with E-state index in [2.05, 4.69) is 72.8 Å². The summed E-state index contributed by atoms with van der Waals surface area (Å²) in [5, 5.41) is 11.0. The van der Waals surface area contributed by atoms with E-state index in [1.54, 1.807) is 12.3 Å². The van der Waals surface area contributed by atoms with Crippen molar-refractivity contribution in [2.75, 3.05) is 0 Å². The van der Waals surface area contributed by atoms with Crippen LogP contribution in [0.1, 0.15) is 22.4 Å². The third-order valence-corrected chi connectivity index (χ3v) is 9.23. The van der Waals surface area contributed by atoms with Gasteiger partial charge in [-0.2, -0.15) is 0 Å². The number of benzene rings is 5. The molecule has 49 heavy (non-hydrogen) atoms. The zero-order valence-corrected chi connectivity index (χ0v) is 28.3. The Morgan fingerprint density at radius 3 is 1.94 bits per heavy atom. The number of phenolic OH excluding ortho intramolecular Hbond substituents is 1. The van der Waals surface area contributed by atoms with Crippen LogP contribution in [0, 0.1) is 6.07 Å². The molecule has 0 atom stereocenters. The SMILES string of the molecule is Oc1ccccc1-c1cc(-c2ccccn2)cc(C2(c3[c-]c(-c4cnc5ccccc5n4)ccc3)c3ccccc3-c3ccccc32)n1.[Pt]. The Bertz CT molecular complexity index is 2450. The summed E-state index contributed by atoms with van der Waals surface area (Å²) in [5.74, 6) is 0.166. The van der Waals surface area contributed by atoms with Crippen LogP contribution in [-0.2, 0) is 26.5 Å². The number of hydrogen-bond acceptors (Lipinski definition) is 5.